The third-order valence-corrected chi connectivity index (χ3v) is 5.44. The molecule has 164 valence electrons. The molecule has 0 aliphatic carbocycles. The van der Waals surface area contributed by atoms with Crippen LogP contribution in [0.25, 0.3) is 22.3 Å². The summed E-state index contributed by atoms with van der Waals surface area (Å²) in [6.07, 6.45) is 0. The molecule has 0 bridgehead atoms. The molecule has 7 heteroatoms. The molecule has 3 aromatic carbocycles. The van der Waals surface area contributed by atoms with Crippen molar-refractivity contribution >= 4 is 29.4 Å². The van der Waals surface area contributed by atoms with Crippen molar-refractivity contribution in [1.82, 2.24) is 0 Å². The topological polar surface area (TPSA) is 67.1 Å². The van der Waals surface area contributed by atoms with E-state index in [4.69, 9.17) is 23.4 Å². The molecule has 0 radical (unpaired) electrons. The minimum Gasteiger partial charge on any atom is -0.497 e. The first-order chi connectivity index (χ1) is 15.5. The van der Waals surface area contributed by atoms with Crippen molar-refractivity contribution in [3.05, 3.63) is 65.7 Å². The van der Waals surface area contributed by atoms with Crippen molar-refractivity contribution in [2.45, 2.75) is 4.90 Å². The number of furan rings is 1. The van der Waals surface area contributed by atoms with E-state index in [2.05, 4.69) is 12.6 Å². The van der Waals surface area contributed by atoms with Crippen LogP contribution in [0.5, 0.6) is 23.0 Å². The van der Waals surface area contributed by atoms with Gasteiger partial charge in [0, 0.05) is 27.5 Å². The van der Waals surface area contributed by atoms with Gasteiger partial charge in [0.15, 0.2) is 17.3 Å². The van der Waals surface area contributed by atoms with Gasteiger partial charge >= 0.3 is 0 Å². The van der Waals surface area contributed by atoms with Gasteiger partial charge in [0.1, 0.15) is 17.1 Å². The second-order valence-corrected chi connectivity index (χ2v) is 7.48. The fraction of sp³-hybridized carbons (Fsp3) is 0.160. The van der Waals surface area contributed by atoms with E-state index in [0.29, 0.717) is 50.9 Å². The zero-order valence-electron chi connectivity index (χ0n) is 18.1. The Morgan fingerprint density at radius 1 is 0.844 bits per heavy atom. The molecule has 0 aliphatic rings. The second-order valence-electron chi connectivity index (χ2n) is 6.96. The Labute approximate surface area is 191 Å². The maximum Gasteiger partial charge on any atom is 0.203 e. The van der Waals surface area contributed by atoms with E-state index in [1.54, 1.807) is 31.4 Å². The number of rotatable bonds is 7. The fourth-order valence-corrected chi connectivity index (χ4v) is 3.86. The molecule has 0 atom stereocenters. The first-order valence-electron chi connectivity index (χ1n) is 9.75. The molecule has 0 saturated carbocycles. The number of thiol groups is 1. The van der Waals surface area contributed by atoms with Crippen molar-refractivity contribution in [2.75, 3.05) is 28.4 Å². The van der Waals surface area contributed by atoms with Crippen molar-refractivity contribution in [3.8, 4) is 34.3 Å². The summed E-state index contributed by atoms with van der Waals surface area (Å²) in [5.74, 6) is 2.03. The molecule has 6 nitrogen and oxygen atoms in total. The maximum absolute atomic E-state index is 13.8. The number of hydrogen-bond acceptors (Lipinski definition) is 7. The summed E-state index contributed by atoms with van der Waals surface area (Å²) in [5, 5.41) is 0.670. The van der Waals surface area contributed by atoms with Gasteiger partial charge in [-0.15, -0.1) is 12.6 Å². The smallest absolute Gasteiger partial charge is 0.203 e. The Bertz CT molecular complexity index is 1280. The Morgan fingerprint density at radius 3 is 2.16 bits per heavy atom. The van der Waals surface area contributed by atoms with Crippen molar-refractivity contribution in [3.63, 3.8) is 0 Å². The van der Waals surface area contributed by atoms with Crippen molar-refractivity contribution in [2.24, 2.45) is 0 Å². The SMILES string of the molecule is COc1ccc2c(C(=O)c3cc(OC)c(OC)c(OC)c3)c(-c3cccc(S)c3)oc2c1. The quantitative estimate of drug-likeness (QED) is 0.290. The molecular formula is C25H22O6S. The Hall–Kier alpha value is -3.58. The average molecular weight is 451 g/mol. The van der Waals surface area contributed by atoms with E-state index in [1.165, 1.54) is 21.3 Å². The fourth-order valence-electron chi connectivity index (χ4n) is 3.64. The van der Waals surface area contributed by atoms with E-state index < -0.39 is 0 Å². The van der Waals surface area contributed by atoms with Crippen molar-refractivity contribution < 1.29 is 28.2 Å². The lowest BCUT2D eigenvalue weighted by atomic mass is 9.97. The summed E-state index contributed by atoms with van der Waals surface area (Å²) in [6, 6.07) is 16.1. The molecule has 0 fully saturated rings. The zero-order chi connectivity index (χ0) is 22.8. The molecule has 0 spiro atoms. The third-order valence-electron chi connectivity index (χ3n) is 5.16. The summed E-state index contributed by atoms with van der Waals surface area (Å²) in [6.45, 7) is 0. The first kappa shape index (κ1) is 21.6. The van der Waals surface area contributed by atoms with Crippen LogP contribution in [-0.4, -0.2) is 34.2 Å². The van der Waals surface area contributed by atoms with Crippen LogP contribution in [0.1, 0.15) is 15.9 Å². The Balaban J connectivity index is 1.97. The number of benzene rings is 3. The van der Waals surface area contributed by atoms with Crippen molar-refractivity contribution in [1.29, 1.82) is 0 Å². The van der Waals surface area contributed by atoms with Gasteiger partial charge in [-0.1, -0.05) is 12.1 Å². The molecule has 0 aliphatic heterocycles. The largest absolute Gasteiger partial charge is 0.497 e. The molecule has 0 amide bonds. The van der Waals surface area contributed by atoms with E-state index in [9.17, 15) is 4.79 Å². The number of ether oxygens (including phenoxy) is 4. The molecule has 0 saturated heterocycles. The highest BCUT2D eigenvalue weighted by molar-refractivity contribution is 7.80. The molecular weight excluding hydrogens is 428 g/mol. The van der Waals surface area contributed by atoms with Crippen LogP contribution in [-0.2, 0) is 0 Å². The van der Waals surface area contributed by atoms with Gasteiger partial charge in [-0.25, -0.2) is 0 Å². The molecule has 1 heterocycles. The normalized spacial score (nSPS) is 10.8. The molecule has 0 unspecified atom stereocenters. The van der Waals surface area contributed by atoms with E-state index in [0.717, 1.165) is 10.5 Å². The van der Waals surface area contributed by atoms with Gasteiger partial charge in [-0.2, -0.15) is 0 Å². The minimum absolute atomic E-state index is 0.243. The lowest BCUT2D eigenvalue weighted by molar-refractivity contribution is 0.103. The lowest BCUT2D eigenvalue weighted by Gasteiger charge is -2.14. The van der Waals surface area contributed by atoms with Crippen LogP contribution >= 0.6 is 12.6 Å². The van der Waals surface area contributed by atoms with Gasteiger partial charge in [-0.05, 0) is 36.4 Å². The van der Waals surface area contributed by atoms with Gasteiger partial charge in [0.2, 0.25) is 5.75 Å². The average Bonchev–Trinajstić information content (AvgIpc) is 3.21. The number of fused-ring (bicyclic) bond motifs is 1. The van der Waals surface area contributed by atoms with Gasteiger partial charge in [-0.3, -0.25) is 4.79 Å². The summed E-state index contributed by atoms with van der Waals surface area (Å²) >= 11 is 4.44. The molecule has 32 heavy (non-hydrogen) atoms. The summed E-state index contributed by atoms with van der Waals surface area (Å²) < 4.78 is 27.7. The minimum atomic E-state index is -0.243. The lowest BCUT2D eigenvalue weighted by Crippen LogP contribution is -2.05. The number of hydrogen-bond donors (Lipinski definition) is 1. The molecule has 4 aromatic rings. The third kappa shape index (κ3) is 3.76. The van der Waals surface area contributed by atoms with Crippen LogP contribution in [0.2, 0.25) is 0 Å². The second kappa shape index (κ2) is 8.88. The number of carbonyl (C=O) groups is 1. The van der Waals surface area contributed by atoms with Gasteiger partial charge in [0.25, 0.3) is 0 Å². The van der Waals surface area contributed by atoms with E-state index >= 15 is 0 Å². The Morgan fingerprint density at radius 2 is 1.56 bits per heavy atom. The van der Waals surface area contributed by atoms with Crippen LogP contribution in [0.4, 0.5) is 0 Å². The molecule has 0 N–H and O–H groups in total. The standard InChI is InChI=1S/C25H22O6S/c1-27-16-8-9-18-19(13-16)31-24(14-6-5-7-17(32)10-14)22(18)23(26)15-11-20(28-2)25(30-4)21(12-15)29-3/h5-13,32H,1-4H3. The summed E-state index contributed by atoms with van der Waals surface area (Å²) in [7, 11) is 6.11. The predicted molar refractivity (Wildman–Crippen MR) is 125 cm³/mol. The van der Waals surface area contributed by atoms with E-state index in [1.807, 2.05) is 30.3 Å². The zero-order valence-corrected chi connectivity index (χ0v) is 19.0. The Kier molecular flexibility index (Phi) is 6.01. The van der Waals surface area contributed by atoms with Gasteiger partial charge in [0.05, 0.1) is 34.0 Å². The summed E-state index contributed by atoms with van der Waals surface area (Å²) in [5.41, 5.74) is 2.08. The number of carbonyl (C=O) groups excluding carboxylic acids is 1. The highest BCUT2D eigenvalue weighted by Crippen LogP contribution is 2.41. The highest BCUT2D eigenvalue weighted by atomic mass is 32.1. The van der Waals surface area contributed by atoms with Crippen LogP contribution in [0.3, 0.4) is 0 Å². The van der Waals surface area contributed by atoms with Crippen LogP contribution in [0, 0.1) is 0 Å². The molecule has 4 rings (SSSR count). The van der Waals surface area contributed by atoms with Gasteiger partial charge < -0.3 is 23.4 Å². The predicted octanol–water partition coefficient (Wildman–Crippen LogP) is 5.65. The highest BCUT2D eigenvalue weighted by Gasteiger charge is 2.26. The van der Waals surface area contributed by atoms with Crippen LogP contribution < -0.4 is 18.9 Å². The van der Waals surface area contributed by atoms with Crippen LogP contribution in [0.15, 0.2) is 63.9 Å². The molecule has 1 aromatic heterocycles. The summed E-state index contributed by atoms with van der Waals surface area (Å²) in [4.78, 5) is 14.6. The monoisotopic (exact) mass is 450 g/mol. The number of ketones is 1. The number of methoxy groups -OCH3 is 4. The maximum atomic E-state index is 13.8. The van der Waals surface area contributed by atoms with E-state index in [-0.39, 0.29) is 5.78 Å². The first-order valence-corrected chi connectivity index (χ1v) is 10.2.